The predicted molar refractivity (Wildman–Crippen MR) is 112 cm³/mol. The highest BCUT2D eigenvalue weighted by molar-refractivity contribution is 9.10. The summed E-state index contributed by atoms with van der Waals surface area (Å²) in [5.41, 5.74) is 6.59. The van der Waals surface area contributed by atoms with E-state index in [4.69, 9.17) is 0 Å². The number of nitrogens with one attached hydrogen (secondary N) is 2. The van der Waals surface area contributed by atoms with Gasteiger partial charge in [0.15, 0.2) is 0 Å². The van der Waals surface area contributed by atoms with Crippen molar-refractivity contribution in [1.29, 1.82) is 0 Å². The van der Waals surface area contributed by atoms with Gasteiger partial charge < -0.3 is 10.4 Å². The van der Waals surface area contributed by atoms with Gasteiger partial charge in [-0.25, -0.2) is 5.43 Å². The summed E-state index contributed by atoms with van der Waals surface area (Å²) in [5.74, 6) is -0.583. The van der Waals surface area contributed by atoms with Crippen LogP contribution in [-0.4, -0.2) is 17.2 Å². The van der Waals surface area contributed by atoms with Gasteiger partial charge in [0.2, 0.25) is 0 Å². The van der Waals surface area contributed by atoms with E-state index in [9.17, 15) is 9.90 Å². The van der Waals surface area contributed by atoms with Gasteiger partial charge in [-0.1, -0.05) is 46.3 Å². The van der Waals surface area contributed by atoms with Gasteiger partial charge in [0.05, 0.1) is 11.8 Å². The molecular formula is C21H18BrN3O2. The summed E-state index contributed by atoms with van der Waals surface area (Å²) in [7, 11) is 0. The third-order valence-corrected chi connectivity index (χ3v) is 4.41. The first-order valence-electron chi connectivity index (χ1n) is 8.27. The van der Waals surface area contributed by atoms with Gasteiger partial charge in [-0.05, 0) is 54.4 Å². The fourth-order valence-corrected chi connectivity index (χ4v) is 2.80. The average Bonchev–Trinajstić information content (AvgIpc) is 2.67. The smallest absolute Gasteiger partial charge is 0.275 e. The first kappa shape index (κ1) is 18.7. The lowest BCUT2D eigenvalue weighted by atomic mass is 10.2. The number of anilines is 2. The SMILES string of the molecule is Cc1ccccc1Nc1ccc(/C=N/NC(=O)c2cc(Br)ccc2O)cc1. The minimum Gasteiger partial charge on any atom is -0.507 e. The number of hydrogen-bond donors (Lipinski definition) is 3. The predicted octanol–water partition coefficient (Wildman–Crippen LogP) is 4.97. The highest BCUT2D eigenvalue weighted by Gasteiger charge is 2.10. The van der Waals surface area contributed by atoms with E-state index in [0.29, 0.717) is 4.47 Å². The van der Waals surface area contributed by atoms with Crippen molar-refractivity contribution in [2.75, 3.05) is 5.32 Å². The molecule has 0 saturated carbocycles. The minimum atomic E-state index is -0.483. The molecule has 0 aliphatic carbocycles. The molecule has 0 spiro atoms. The molecule has 0 saturated heterocycles. The van der Waals surface area contributed by atoms with E-state index in [1.165, 1.54) is 17.7 Å². The van der Waals surface area contributed by atoms with E-state index in [-0.39, 0.29) is 11.3 Å². The standard InChI is InChI=1S/C21H18BrN3O2/c1-14-4-2-3-5-19(14)24-17-9-6-15(7-10-17)13-23-25-21(27)18-12-16(22)8-11-20(18)26/h2-13,24,26H,1H3,(H,25,27)/b23-13+. The number of carbonyl (C=O) groups is 1. The molecule has 0 aliphatic rings. The Morgan fingerprint density at radius 1 is 1.07 bits per heavy atom. The summed E-state index contributed by atoms with van der Waals surface area (Å²) in [6, 6.07) is 20.4. The van der Waals surface area contributed by atoms with Crippen LogP contribution < -0.4 is 10.7 Å². The number of benzene rings is 3. The number of carbonyl (C=O) groups excluding carboxylic acids is 1. The monoisotopic (exact) mass is 423 g/mol. The van der Waals surface area contributed by atoms with Crippen molar-refractivity contribution in [1.82, 2.24) is 5.43 Å². The first-order valence-corrected chi connectivity index (χ1v) is 9.07. The van der Waals surface area contributed by atoms with Crippen molar-refractivity contribution < 1.29 is 9.90 Å². The molecule has 3 aromatic carbocycles. The molecule has 3 N–H and O–H groups in total. The number of aromatic hydroxyl groups is 1. The molecule has 6 heteroatoms. The minimum absolute atomic E-state index is 0.0995. The van der Waals surface area contributed by atoms with Gasteiger partial charge in [0.1, 0.15) is 5.75 Å². The van der Waals surface area contributed by atoms with E-state index >= 15 is 0 Å². The van der Waals surface area contributed by atoms with Crippen LogP contribution in [-0.2, 0) is 0 Å². The topological polar surface area (TPSA) is 73.7 Å². The number of rotatable bonds is 5. The first-order chi connectivity index (χ1) is 13.0. The number of phenolic OH excluding ortho intramolecular Hbond substituents is 1. The normalized spacial score (nSPS) is 10.7. The maximum absolute atomic E-state index is 12.1. The van der Waals surface area contributed by atoms with Crippen LogP contribution in [0, 0.1) is 6.92 Å². The molecule has 0 aromatic heterocycles. The van der Waals surface area contributed by atoms with Crippen molar-refractivity contribution in [3.8, 4) is 5.75 Å². The number of phenols is 1. The Bertz CT molecular complexity index is 985. The Balaban J connectivity index is 1.62. The Kier molecular flexibility index (Phi) is 5.88. The van der Waals surface area contributed by atoms with Crippen LogP contribution >= 0.6 is 15.9 Å². The second-order valence-corrected chi connectivity index (χ2v) is 6.84. The number of hydrazone groups is 1. The van der Waals surface area contributed by atoms with E-state index in [2.05, 4.69) is 44.8 Å². The van der Waals surface area contributed by atoms with Gasteiger partial charge in [-0.3, -0.25) is 4.79 Å². The molecule has 0 bridgehead atoms. The van der Waals surface area contributed by atoms with Crippen molar-refractivity contribution in [2.24, 2.45) is 5.10 Å². The number of amides is 1. The summed E-state index contributed by atoms with van der Waals surface area (Å²) >= 11 is 3.27. The van der Waals surface area contributed by atoms with E-state index < -0.39 is 5.91 Å². The number of halogens is 1. The number of para-hydroxylation sites is 1. The lowest BCUT2D eigenvalue weighted by Crippen LogP contribution is -2.17. The summed E-state index contributed by atoms with van der Waals surface area (Å²) in [6.45, 7) is 2.05. The summed E-state index contributed by atoms with van der Waals surface area (Å²) in [5, 5.41) is 17.1. The maximum atomic E-state index is 12.1. The largest absolute Gasteiger partial charge is 0.507 e. The zero-order chi connectivity index (χ0) is 19.2. The van der Waals surface area contributed by atoms with Gasteiger partial charge in [-0.2, -0.15) is 5.10 Å². The van der Waals surface area contributed by atoms with Gasteiger partial charge >= 0.3 is 0 Å². The molecule has 0 radical (unpaired) electrons. The zero-order valence-corrected chi connectivity index (χ0v) is 16.2. The van der Waals surface area contributed by atoms with Crippen molar-refractivity contribution >= 4 is 39.4 Å². The molecule has 5 nitrogen and oxygen atoms in total. The summed E-state index contributed by atoms with van der Waals surface area (Å²) in [4.78, 5) is 12.1. The average molecular weight is 424 g/mol. The van der Waals surface area contributed by atoms with Crippen LogP contribution in [0.15, 0.2) is 76.3 Å². The quantitative estimate of drug-likeness (QED) is 0.400. The summed E-state index contributed by atoms with van der Waals surface area (Å²) < 4.78 is 0.700. The van der Waals surface area contributed by atoms with Gasteiger partial charge in [-0.15, -0.1) is 0 Å². The van der Waals surface area contributed by atoms with Crippen molar-refractivity contribution in [3.05, 3.63) is 87.9 Å². The maximum Gasteiger partial charge on any atom is 0.275 e. The van der Waals surface area contributed by atoms with Crippen molar-refractivity contribution in [2.45, 2.75) is 6.92 Å². The second kappa shape index (κ2) is 8.51. The Labute approximate surface area is 165 Å². The molecule has 0 aliphatic heterocycles. The van der Waals surface area contributed by atoms with Crippen LogP contribution in [0.5, 0.6) is 5.75 Å². The van der Waals surface area contributed by atoms with Gasteiger partial charge in [0.25, 0.3) is 5.91 Å². The molecule has 3 rings (SSSR count). The lowest BCUT2D eigenvalue weighted by Gasteiger charge is -2.09. The van der Waals surface area contributed by atoms with E-state index in [1.54, 1.807) is 12.3 Å². The molecular weight excluding hydrogens is 406 g/mol. The zero-order valence-electron chi connectivity index (χ0n) is 14.6. The Morgan fingerprint density at radius 3 is 2.56 bits per heavy atom. The fourth-order valence-electron chi connectivity index (χ4n) is 2.44. The summed E-state index contributed by atoms with van der Waals surface area (Å²) in [6.07, 6.45) is 1.55. The Morgan fingerprint density at radius 2 is 1.81 bits per heavy atom. The highest BCUT2D eigenvalue weighted by Crippen LogP contribution is 2.22. The number of aryl methyl sites for hydroxylation is 1. The Hall–Kier alpha value is -3.12. The lowest BCUT2D eigenvalue weighted by molar-refractivity contribution is 0.0952. The van der Waals surface area contributed by atoms with Crippen LogP contribution in [0.1, 0.15) is 21.5 Å². The van der Waals surface area contributed by atoms with Crippen molar-refractivity contribution in [3.63, 3.8) is 0 Å². The van der Waals surface area contributed by atoms with Crippen LogP contribution in [0.25, 0.3) is 0 Å². The molecule has 0 unspecified atom stereocenters. The molecule has 27 heavy (non-hydrogen) atoms. The van der Waals surface area contributed by atoms with Crippen LogP contribution in [0.2, 0.25) is 0 Å². The molecule has 3 aromatic rings. The van der Waals surface area contributed by atoms with E-state index in [1.807, 2.05) is 42.5 Å². The molecule has 0 fully saturated rings. The van der Waals surface area contributed by atoms with Crippen LogP contribution in [0.3, 0.4) is 0 Å². The number of nitrogens with zero attached hydrogens (tertiary/aromatic N) is 1. The second-order valence-electron chi connectivity index (χ2n) is 5.92. The highest BCUT2D eigenvalue weighted by atomic mass is 79.9. The third-order valence-electron chi connectivity index (χ3n) is 3.92. The molecule has 0 atom stereocenters. The number of hydrogen-bond acceptors (Lipinski definition) is 4. The van der Waals surface area contributed by atoms with Gasteiger partial charge in [0, 0.05) is 15.8 Å². The van der Waals surface area contributed by atoms with E-state index in [0.717, 1.165) is 16.9 Å². The molecule has 136 valence electrons. The molecule has 0 heterocycles. The van der Waals surface area contributed by atoms with Crippen LogP contribution in [0.4, 0.5) is 11.4 Å². The fraction of sp³-hybridized carbons (Fsp3) is 0.0476. The third kappa shape index (κ3) is 4.95. The molecule has 1 amide bonds.